The maximum absolute atomic E-state index is 12.5. The number of halogens is 5. The number of hydrogen-bond acceptors (Lipinski definition) is 1. The molecule has 0 aromatic heterocycles. The molecule has 0 saturated carbocycles. The molecule has 0 heterocycles. The van der Waals surface area contributed by atoms with Gasteiger partial charge in [0, 0.05) is 10.0 Å². The summed E-state index contributed by atoms with van der Waals surface area (Å²) in [6.07, 6.45) is -4.47. The summed E-state index contributed by atoms with van der Waals surface area (Å²) >= 11 is 5.76. The Morgan fingerprint density at radius 1 is 1.21 bits per heavy atom. The van der Waals surface area contributed by atoms with Crippen LogP contribution in [-0.2, 0) is 6.18 Å². The van der Waals surface area contributed by atoms with Crippen LogP contribution in [0.25, 0.3) is 0 Å². The Morgan fingerprint density at radius 2 is 1.71 bits per heavy atom. The molecule has 0 radical (unpaired) electrons. The smallest absolute Gasteiger partial charge is 0.417 e. The van der Waals surface area contributed by atoms with Crippen LogP contribution in [0.5, 0.6) is 5.75 Å². The SMILES string of the molecule is Cc1c(O)c(Br)cc(Br)c1C(F)(F)F. The second-order valence-electron chi connectivity index (χ2n) is 2.69. The first-order valence-corrected chi connectivity index (χ1v) is 5.08. The number of phenolic OH excluding ortho intramolecular Hbond substituents is 1. The Labute approximate surface area is 95.2 Å². The third kappa shape index (κ3) is 2.06. The van der Waals surface area contributed by atoms with Gasteiger partial charge in [-0.2, -0.15) is 13.2 Å². The molecule has 0 aliphatic heterocycles. The summed E-state index contributed by atoms with van der Waals surface area (Å²) in [5.41, 5.74) is -1.04. The maximum Gasteiger partial charge on any atom is 0.417 e. The van der Waals surface area contributed by atoms with E-state index in [0.29, 0.717) is 0 Å². The molecule has 6 heteroatoms. The number of benzene rings is 1. The number of alkyl halides is 3. The van der Waals surface area contributed by atoms with E-state index in [1.165, 1.54) is 13.0 Å². The summed E-state index contributed by atoms with van der Waals surface area (Å²) in [4.78, 5) is 0. The standard InChI is InChI=1S/C8H5Br2F3O/c1-3-6(8(11,12)13)4(9)2-5(10)7(3)14/h2,14H,1H3. The van der Waals surface area contributed by atoms with Crippen LogP contribution in [0.4, 0.5) is 13.2 Å². The second kappa shape index (κ2) is 3.73. The molecule has 0 aliphatic rings. The van der Waals surface area contributed by atoms with Crippen LogP contribution in [0.1, 0.15) is 11.1 Å². The minimum Gasteiger partial charge on any atom is -0.506 e. The number of phenols is 1. The van der Waals surface area contributed by atoms with Gasteiger partial charge in [0.05, 0.1) is 10.0 Å². The monoisotopic (exact) mass is 332 g/mol. The minimum absolute atomic E-state index is 0.0906. The zero-order chi connectivity index (χ0) is 11.1. The van der Waals surface area contributed by atoms with Crippen molar-refractivity contribution in [1.29, 1.82) is 0 Å². The van der Waals surface area contributed by atoms with Gasteiger partial charge in [-0.1, -0.05) is 15.9 Å². The Morgan fingerprint density at radius 3 is 2.14 bits per heavy atom. The lowest BCUT2D eigenvalue weighted by Crippen LogP contribution is -2.08. The first-order valence-electron chi connectivity index (χ1n) is 3.50. The van der Waals surface area contributed by atoms with Gasteiger partial charge in [-0.15, -0.1) is 0 Å². The quantitative estimate of drug-likeness (QED) is 0.752. The fourth-order valence-corrected chi connectivity index (χ4v) is 2.66. The van der Waals surface area contributed by atoms with Gasteiger partial charge in [0.15, 0.2) is 0 Å². The van der Waals surface area contributed by atoms with Crippen LogP contribution in [0.3, 0.4) is 0 Å². The van der Waals surface area contributed by atoms with Crippen molar-refractivity contribution >= 4 is 31.9 Å². The number of hydrogen-bond donors (Lipinski definition) is 1. The highest BCUT2D eigenvalue weighted by Gasteiger charge is 2.36. The topological polar surface area (TPSA) is 20.2 Å². The molecular weight excluding hydrogens is 329 g/mol. The predicted octanol–water partition coefficient (Wildman–Crippen LogP) is 4.24. The van der Waals surface area contributed by atoms with Gasteiger partial charge in [0.25, 0.3) is 0 Å². The van der Waals surface area contributed by atoms with Gasteiger partial charge >= 0.3 is 6.18 Å². The van der Waals surface area contributed by atoms with E-state index in [2.05, 4.69) is 31.9 Å². The molecule has 0 bridgehead atoms. The molecular formula is C8H5Br2F3O. The molecule has 1 nitrogen and oxygen atoms in total. The first kappa shape index (κ1) is 11.8. The van der Waals surface area contributed by atoms with Crippen LogP contribution in [0.2, 0.25) is 0 Å². The van der Waals surface area contributed by atoms with Gasteiger partial charge in [-0.3, -0.25) is 0 Å². The average molecular weight is 334 g/mol. The van der Waals surface area contributed by atoms with E-state index in [-0.39, 0.29) is 20.3 Å². The fraction of sp³-hybridized carbons (Fsp3) is 0.250. The van der Waals surface area contributed by atoms with Crippen molar-refractivity contribution in [3.05, 3.63) is 26.1 Å². The Bertz CT molecular complexity index is 374. The third-order valence-corrected chi connectivity index (χ3v) is 2.96. The zero-order valence-corrected chi connectivity index (χ0v) is 10.1. The lowest BCUT2D eigenvalue weighted by atomic mass is 10.1. The molecule has 14 heavy (non-hydrogen) atoms. The van der Waals surface area contributed by atoms with Crippen LogP contribution >= 0.6 is 31.9 Å². The van der Waals surface area contributed by atoms with E-state index in [1.807, 2.05) is 0 Å². The lowest BCUT2D eigenvalue weighted by Gasteiger charge is -2.14. The van der Waals surface area contributed by atoms with E-state index in [0.717, 1.165) is 0 Å². The highest BCUT2D eigenvalue weighted by atomic mass is 79.9. The van der Waals surface area contributed by atoms with Gasteiger partial charge in [0.2, 0.25) is 0 Å². The molecule has 0 fully saturated rings. The highest BCUT2D eigenvalue weighted by Crippen LogP contribution is 2.43. The summed E-state index contributed by atoms with van der Waals surface area (Å²) in [5.74, 6) is -0.388. The Kier molecular flexibility index (Phi) is 3.16. The average Bonchev–Trinajstić information content (AvgIpc) is 1.97. The van der Waals surface area contributed by atoms with Crippen molar-refractivity contribution in [3.63, 3.8) is 0 Å². The molecule has 1 aromatic rings. The molecule has 1 N–H and O–H groups in total. The van der Waals surface area contributed by atoms with E-state index in [9.17, 15) is 18.3 Å². The van der Waals surface area contributed by atoms with E-state index in [1.54, 1.807) is 0 Å². The number of aromatic hydroxyl groups is 1. The highest BCUT2D eigenvalue weighted by molar-refractivity contribution is 9.11. The fourth-order valence-electron chi connectivity index (χ4n) is 1.08. The van der Waals surface area contributed by atoms with Crippen molar-refractivity contribution in [2.24, 2.45) is 0 Å². The van der Waals surface area contributed by atoms with Gasteiger partial charge in [-0.25, -0.2) is 0 Å². The molecule has 0 amide bonds. The van der Waals surface area contributed by atoms with Crippen molar-refractivity contribution in [2.75, 3.05) is 0 Å². The molecule has 0 saturated heterocycles. The van der Waals surface area contributed by atoms with Crippen LogP contribution in [0, 0.1) is 6.92 Å². The summed E-state index contributed by atoms with van der Waals surface area (Å²) in [6.45, 7) is 1.22. The van der Waals surface area contributed by atoms with Gasteiger partial charge in [0.1, 0.15) is 5.75 Å². The summed E-state index contributed by atoms with van der Waals surface area (Å²) < 4.78 is 37.5. The summed E-state index contributed by atoms with van der Waals surface area (Å²) in [7, 11) is 0. The molecule has 1 rings (SSSR count). The van der Waals surface area contributed by atoms with Gasteiger partial charge in [-0.05, 0) is 28.9 Å². The van der Waals surface area contributed by atoms with E-state index in [4.69, 9.17) is 0 Å². The van der Waals surface area contributed by atoms with Crippen LogP contribution in [0.15, 0.2) is 15.0 Å². The third-order valence-electron chi connectivity index (χ3n) is 1.73. The summed E-state index contributed by atoms with van der Waals surface area (Å²) in [5, 5.41) is 9.31. The Balaban J connectivity index is 3.53. The lowest BCUT2D eigenvalue weighted by molar-refractivity contribution is -0.138. The van der Waals surface area contributed by atoms with Crippen molar-refractivity contribution in [3.8, 4) is 5.75 Å². The molecule has 1 aromatic carbocycles. The molecule has 0 atom stereocenters. The molecule has 78 valence electrons. The largest absolute Gasteiger partial charge is 0.506 e. The minimum atomic E-state index is -4.47. The van der Waals surface area contributed by atoms with E-state index < -0.39 is 11.7 Å². The summed E-state index contributed by atoms with van der Waals surface area (Å²) in [6, 6.07) is 1.17. The number of rotatable bonds is 0. The normalized spacial score (nSPS) is 11.9. The van der Waals surface area contributed by atoms with Gasteiger partial charge < -0.3 is 5.11 Å². The second-order valence-corrected chi connectivity index (χ2v) is 4.40. The van der Waals surface area contributed by atoms with Crippen molar-refractivity contribution in [2.45, 2.75) is 13.1 Å². The Hall–Kier alpha value is -0.230. The van der Waals surface area contributed by atoms with Crippen molar-refractivity contribution in [1.82, 2.24) is 0 Å². The molecule has 0 spiro atoms. The maximum atomic E-state index is 12.5. The zero-order valence-electron chi connectivity index (χ0n) is 6.91. The van der Waals surface area contributed by atoms with E-state index >= 15 is 0 Å². The van der Waals surface area contributed by atoms with Crippen molar-refractivity contribution < 1.29 is 18.3 Å². The van der Waals surface area contributed by atoms with Crippen LogP contribution < -0.4 is 0 Å². The van der Waals surface area contributed by atoms with Crippen LogP contribution in [-0.4, -0.2) is 5.11 Å². The predicted molar refractivity (Wildman–Crippen MR) is 53.2 cm³/mol. The molecule has 0 aliphatic carbocycles. The first-order chi connectivity index (χ1) is 6.25. The molecule has 0 unspecified atom stereocenters.